The maximum atomic E-state index is 12.3. The van der Waals surface area contributed by atoms with Gasteiger partial charge in [0.15, 0.2) is 6.10 Å². The Morgan fingerprint density at radius 2 is 1.93 bits per heavy atom. The van der Waals surface area contributed by atoms with Crippen molar-refractivity contribution in [3.63, 3.8) is 0 Å². The summed E-state index contributed by atoms with van der Waals surface area (Å²) in [6.07, 6.45) is 4.81. The van der Waals surface area contributed by atoms with Crippen LogP contribution in [0.4, 0.5) is 0 Å². The quantitative estimate of drug-likeness (QED) is 0.525. The largest absolute Gasteiger partial charge is 0.479 e. The molecular weight excluding hydrogens is 380 g/mol. The first-order valence-corrected chi connectivity index (χ1v) is 10.6. The number of amides is 1. The van der Waals surface area contributed by atoms with E-state index in [2.05, 4.69) is 11.9 Å². The average Bonchev–Trinajstić information content (AvgIpc) is 2.74. The van der Waals surface area contributed by atoms with Gasteiger partial charge in [-0.1, -0.05) is 44.0 Å². The topological polar surface area (TPSA) is 79.7 Å². The monoisotopic (exact) mass is 412 g/mol. The van der Waals surface area contributed by atoms with Crippen molar-refractivity contribution in [1.29, 1.82) is 0 Å². The van der Waals surface area contributed by atoms with Crippen molar-refractivity contribution in [1.82, 2.24) is 9.88 Å². The summed E-state index contributed by atoms with van der Waals surface area (Å²) in [7, 11) is 1.84. The molecule has 0 aliphatic heterocycles. The number of aliphatic carboxylic acids is 1. The number of pyridine rings is 1. The van der Waals surface area contributed by atoms with Crippen molar-refractivity contribution < 1.29 is 19.4 Å². The van der Waals surface area contributed by atoms with E-state index in [1.807, 2.05) is 43.4 Å². The molecule has 1 aromatic carbocycles. The van der Waals surface area contributed by atoms with Crippen LogP contribution in [0.3, 0.4) is 0 Å². The second-order valence-corrected chi connectivity index (χ2v) is 7.45. The fourth-order valence-corrected chi connectivity index (χ4v) is 3.26. The highest BCUT2D eigenvalue weighted by molar-refractivity contribution is 5.76. The predicted molar refractivity (Wildman–Crippen MR) is 117 cm³/mol. The van der Waals surface area contributed by atoms with Gasteiger partial charge in [0.05, 0.1) is 5.69 Å². The Bertz CT molecular complexity index is 820. The fraction of sp³-hybridized carbons (Fsp3) is 0.458. The van der Waals surface area contributed by atoms with Crippen molar-refractivity contribution >= 4 is 11.9 Å². The van der Waals surface area contributed by atoms with Crippen LogP contribution in [0.1, 0.15) is 50.7 Å². The number of carbonyl (C=O) groups is 2. The van der Waals surface area contributed by atoms with E-state index < -0.39 is 12.1 Å². The number of ether oxygens (including phenoxy) is 1. The third-order valence-electron chi connectivity index (χ3n) is 4.95. The summed E-state index contributed by atoms with van der Waals surface area (Å²) in [6.45, 7) is 4.82. The molecule has 0 spiro atoms. The third-order valence-corrected chi connectivity index (χ3v) is 4.95. The van der Waals surface area contributed by atoms with Gasteiger partial charge in [-0.2, -0.15) is 0 Å². The van der Waals surface area contributed by atoms with Gasteiger partial charge < -0.3 is 14.7 Å². The zero-order valence-electron chi connectivity index (χ0n) is 18.1. The molecule has 6 heteroatoms. The SMILES string of the molecule is CCCCCC(=O)N(C)Cc1cccc(-c2ccc(CC(OCC)C(=O)O)cn2)c1. The Morgan fingerprint density at radius 3 is 2.57 bits per heavy atom. The molecule has 0 aliphatic rings. The van der Waals surface area contributed by atoms with Gasteiger partial charge in [0.1, 0.15) is 0 Å². The number of hydrogen-bond acceptors (Lipinski definition) is 4. The van der Waals surface area contributed by atoms with Gasteiger partial charge in [-0.25, -0.2) is 4.79 Å². The summed E-state index contributed by atoms with van der Waals surface area (Å²) in [5.74, 6) is -0.805. The molecule has 0 radical (unpaired) electrons. The Morgan fingerprint density at radius 1 is 1.13 bits per heavy atom. The lowest BCUT2D eigenvalue weighted by Gasteiger charge is -2.18. The molecule has 2 aromatic rings. The van der Waals surface area contributed by atoms with E-state index >= 15 is 0 Å². The zero-order chi connectivity index (χ0) is 21.9. The highest BCUT2D eigenvalue weighted by Crippen LogP contribution is 2.20. The van der Waals surface area contributed by atoms with Gasteiger partial charge in [0, 0.05) is 44.8 Å². The molecule has 0 bridgehead atoms. The van der Waals surface area contributed by atoms with Gasteiger partial charge in [-0.3, -0.25) is 9.78 Å². The molecule has 0 saturated heterocycles. The maximum Gasteiger partial charge on any atom is 0.333 e. The normalized spacial score (nSPS) is 11.8. The molecule has 1 aromatic heterocycles. The van der Waals surface area contributed by atoms with E-state index in [-0.39, 0.29) is 12.3 Å². The molecular formula is C24H32N2O4. The van der Waals surface area contributed by atoms with Gasteiger partial charge in [0.25, 0.3) is 0 Å². The van der Waals surface area contributed by atoms with Crippen LogP contribution in [0.2, 0.25) is 0 Å². The first-order chi connectivity index (χ1) is 14.4. The number of unbranched alkanes of at least 4 members (excludes halogenated alkanes) is 2. The lowest BCUT2D eigenvalue weighted by molar-refractivity contribution is -0.150. The molecule has 6 nitrogen and oxygen atoms in total. The van der Waals surface area contributed by atoms with Gasteiger partial charge >= 0.3 is 5.97 Å². The average molecular weight is 413 g/mol. The molecule has 1 heterocycles. The van der Waals surface area contributed by atoms with Crippen molar-refractivity contribution in [3.05, 3.63) is 53.7 Å². The third kappa shape index (κ3) is 7.26. The molecule has 1 N–H and O–H groups in total. The summed E-state index contributed by atoms with van der Waals surface area (Å²) < 4.78 is 5.27. The standard InChI is InChI=1S/C24H32N2O4/c1-4-6-7-11-23(27)26(3)17-19-9-8-10-20(14-19)21-13-12-18(16-25-21)15-22(24(28)29)30-5-2/h8-10,12-14,16,22H,4-7,11,15,17H2,1-3H3,(H,28,29). The van der Waals surface area contributed by atoms with E-state index in [1.165, 1.54) is 0 Å². The summed E-state index contributed by atoms with van der Waals surface area (Å²) in [5, 5.41) is 9.23. The number of nitrogens with zero attached hydrogens (tertiary/aromatic N) is 2. The minimum Gasteiger partial charge on any atom is -0.479 e. The van der Waals surface area contributed by atoms with Crippen molar-refractivity contribution in [2.45, 2.75) is 58.6 Å². The van der Waals surface area contributed by atoms with Crippen LogP contribution in [0.25, 0.3) is 11.3 Å². The van der Waals surface area contributed by atoms with Gasteiger partial charge in [-0.15, -0.1) is 0 Å². The van der Waals surface area contributed by atoms with E-state index in [4.69, 9.17) is 4.74 Å². The van der Waals surface area contributed by atoms with Crippen LogP contribution < -0.4 is 0 Å². The highest BCUT2D eigenvalue weighted by atomic mass is 16.5. The molecule has 1 amide bonds. The number of aromatic nitrogens is 1. The van der Waals surface area contributed by atoms with Crippen LogP contribution in [0.15, 0.2) is 42.6 Å². The second-order valence-electron chi connectivity index (χ2n) is 7.45. The van der Waals surface area contributed by atoms with Gasteiger partial charge in [0.2, 0.25) is 5.91 Å². The van der Waals surface area contributed by atoms with E-state index in [0.717, 1.165) is 41.6 Å². The number of carboxylic acids is 1. The number of hydrogen-bond donors (Lipinski definition) is 1. The van der Waals surface area contributed by atoms with E-state index in [0.29, 0.717) is 19.6 Å². The minimum atomic E-state index is -0.970. The molecule has 2 rings (SSSR count). The fourth-order valence-electron chi connectivity index (χ4n) is 3.26. The maximum absolute atomic E-state index is 12.3. The lowest BCUT2D eigenvalue weighted by atomic mass is 10.0. The number of benzene rings is 1. The van der Waals surface area contributed by atoms with Crippen LogP contribution >= 0.6 is 0 Å². The first kappa shape index (κ1) is 23.5. The lowest BCUT2D eigenvalue weighted by Crippen LogP contribution is -2.26. The van der Waals surface area contributed by atoms with E-state index in [1.54, 1.807) is 18.0 Å². The van der Waals surface area contributed by atoms with Crippen molar-refractivity contribution in [2.24, 2.45) is 0 Å². The summed E-state index contributed by atoms with van der Waals surface area (Å²) in [5.41, 5.74) is 3.63. The van der Waals surface area contributed by atoms with E-state index in [9.17, 15) is 14.7 Å². The van der Waals surface area contributed by atoms with Crippen LogP contribution in [0, 0.1) is 0 Å². The zero-order valence-corrected chi connectivity index (χ0v) is 18.1. The smallest absolute Gasteiger partial charge is 0.333 e. The van der Waals surface area contributed by atoms with Crippen LogP contribution in [-0.4, -0.2) is 46.6 Å². The minimum absolute atomic E-state index is 0.165. The summed E-state index contributed by atoms with van der Waals surface area (Å²) >= 11 is 0. The number of carbonyl (C=O) groups excluding carboxylic acids is 1. The summed E-state index contributed by atoms with van der Waals surface area (Å²) in [4.78, 5) is 29.8. The Kier molecular flexibility index (Phi) is 9.48. The second kappa shape index (κ2) is 12.1. The Hall–Kier alpha value is -2.73. The number of carboxylic acid groups (broad SMARTS) is 1. The Labute approximate surface area is 178 Å². The molecule has 0 aliphatic carbocycles. The molecule has 1 atom stereocenters. The first-order valence-electron chi connectivity index (χ1n) is 10.6. The molecule has 0 fully saturated rings. The number of rotatable bonds is 12. The molecule has 162 valence electrons. The van der Waals surface area contributed by atoms with Crippen molar-refractivity contribution in [2.75, 3.05) is 13.7 Å². The van der Waals surface area contributed by atoms with Gasteiger partial charge in [-0.05, 0) is 36.6 Å². The van der Waals surface area contributed by atoms with Crippen LogP contribution in [0.5, 0.6) is 0 Å². The summed E-state index contributed by atoms with van der Waals surface area (Å²) in [6, 6.07) is 11.8. The predicted octanol–water partition coefficient (Wildman–Crippen LogP) is 4.32. The van der Waals surface area contributed by atoms with Crippen molar-refractivity contribution in [3.8, 4) is 11.3 Å². The Balaban J connectivity index is 2.03. The highest BCUT2D eigenvalue weighted by Gasteiger charge is 2.18. The van der Waals surface area contributed by atoms with Crippen LogP contribution in [-0.2, 0) is 27.3 Å². The molecule has 30 heavy (non-hydrogen) atoms. The molecule has 0 saturated carbocycles. The molecule has 1 unspecified atom stereocenters.